The Morgan fingerprint density at radius 2 is 1.88 bits per heavy atom. The normalized spacial score (nSPS) is 10.6. The third-order valence-electron chi connectivity index (χ3n) is 3.96. The highest BCUT2D eigenvalue weighted by Gasteiger charge is 2.10. The van der Waals surface area contributed by atoms with Crippen molar-refractivity contribution in [1.29, 1.82) is 0 Å². The minimum absolute atomic E-state index is 0.105. The van der Waals surface area contributed by atoms with Gasteiger partial charge in [-0.25, -0.2) is 0 Å². The number of anilines is 1. The molecule has 0 fully saturated rings. The molecule has 0 unspecified atom stereocenters. The lowest BCUT2D eigenvalue weighted by atomic mass is 10.1. The fourth-order valence-corrected chi connectivity index (χ4v) is 2.69. The van der Waals surface area contributed by atoms with Crippen molar-refractivity contribution < 1.29 is 4.79 Å². The van der Waals surface area contributed by atoms with Gasteiger partial charge in [-0.1, -0.05) is 47.5 Å². The highest BCUT2D eigenvalue weighted by molar-refractivity contribution is 6.05. The first-order valence-corrected chi connectivity index (χ1v) is 7.98. The van der Waals surface area contributed by atoms with Crippen molar-refractivity contribution in [1.82, 2.24) is 9.78 Å². The number of rotatable bonds is 4. The molecule has 4 nitrogen and oxygen atoms in total. The van der Waals surface area contributed by atoms with Crippen LogP contribution in [0.1, 0.15) is 32.6 Å². The Balaban J connectivity index is 1.72. The van der Waals surface area contributed by atoms with Gasteiger partial charge >= 0.3 is 0 Å². The van der Waals surface area contributed by atoms with E-state index in [9.17, 15) is 4.79 Å². The highest BCUT2D eigenvalue weighted by Crippen LogP contribution is 2.14. The summed E-state index contributed by atoms with van der Waals surface area (Å²) in [5, 5.41) is 7.25. The minimum atomic E-state index is -0.105. The van der Waals surface area contributed by atoms with Gasteiger partial charge in [0, 0.05) is 11.8 Å². The van der Waals surface area contributed by atoms with Gasteiger partial charge in [0.15, 0.2) is 0 Å². The van der Waals surface area contributed by atoms with E-state index in [1.54, 1.807) is 6.20 Å². The first-order valence-electron chi connectivity index (χ1n) is 7.98. The van der Waals surface area contributed by atoms with Gasteiger partial charge in [0.05, 0.1) is 18.4 Å². The van der Waals surface area contributed by atoms with Crippen LogP contribution in [0.3, 0.4) is 0 Å². The average molecular weight is 319 g/mol. The Labute approximate surface area is 142 Å². The summed E-state index contributed by atoms with van der Waals surface area (Å²) in [6, 6.07) is 14.2. The van der Waals surface area contributed by atoms with Crippen LogP contribution in [0.5, 0.6) is 0 Å². The van der Waals surface area contributed by atoms with Crippen LogP contribution in [0.4, 0.5) is 5.69 Å². The van der Waals surface area contributed by atoms with E-state index >= 15 is 0 Å². The van der Waals surface area contributed by atoms with E-state index in [1.807, 2.05) is 49.0 Å². The predicted molar refractivity (Wildman–Crippen MR) is 96.4 cm³/mol. The lowest BCUT2D eigenvalue weighted by Crippen LogP contribution is -2.13. The smallest absolute Gasteiger partial charge is 0.256 e. The second-order valence-electron chi connectivity index (χ2n) is 6.19. The summed E-state index contributed by atoms with van der Waals surface area (Å²) in [4.78, 5) is 12.5. The fraction of sp³-hybridized carbons (Fsp3) is 0.200. The first kappa shape index (κ1) is 16.0. The van der Waals surface area contributed by atoms with Crippen LogP contribution in [0, 0.1) is 20.8 Å². The van der Waals surface area contributed by atoms with Crippen molar-refractivity contribution in [2.24, 2.45) is 0 Å². The minimum Gasteiger partial charge on any atom is -0.319 e. The molecule has 0 aliphatic heterocycles. The summed E-state index contributed by atoms with van der Waals surface area (Å²) in [5.74, 6) is -0.105. The SMILES string of the molecule is Cc1cccc(Cn2cc(NC(=O)c3cc(C)ccc3C)cn2)c1. The van der Waals surface area contributed by atoms with E-state index in [0.29, 0.717) is 17.8 Å². The Morgan fingerprint density at radius 3 is 2.67 bits per heavy atom. The van der Waals surface area contributed by atoms with Crippen molar-refractivity contribution >= 4 is 11.6 Å². The molecule has 2 aromatic carbocycles. The molecular weight excluding hydrogens is 298 g/mol. The van der Waals surface area contributed by atoms with Gasteiger partial charge in [0.25, 0.3) is 5.91 Å². The third-order valence-corrected chi connectivity index (χ3v) is 3.96. The maximum Gasteiger partial charge on any atom is 0.256 e. The molecule has 3 rings (SSSR count). The van der Waals surface area contributed by atoms with Gasteiger partial charge < -0.3 is 5.32 Å². The highest BCUT2D eigenvalue weighted by atomic mass is 16.1. The number of carbonyl (C=O) groups excluding carboxylic acids is 1. The van der Waals surface area contributed by atoms with Gasteiger partial charge in [-0.15, -0.1) is 0 Å². The Bertz CT molecular complexity index is 880. The molecule has 0 saturated carbocycles. The molecule has 0 aliphatic rings. The lowest BCUT2D eigenvalue weighted by molar-refractivity contribution is 0.102. The maximum atomic E-state index is 12.5. The van der Waals surface area contributed by atoms with Crippen LogP contribution in [0.25, 0.3) is 0 Å². The van der Waals surface area contributed by atoms with Crippen molar-refractivity contribution in [3.05, 3.63) is 82.7 Å². The second kappa shape index (κ2) is 6.71. The van der Waals surface area contributed by atoms with Crippen LogP contribution in [0.15, 0.2) is 54.9 Å². The Kier molecular flexibility index (Phi) is 4.47. The largest absolute Gasteiger partial charge is 0.319 e. The second-order valence-corrected chi connectivity index (χ2v) is 6.19. The van der Waals surface area contributed by atoms with Gasteiger partial charge in [0.1, 0.15) is 0 Å². The van der Waals surface area contributed by atoms with Crippen molar-refractivity contribution in [2.45, 2.75) is 27.3 Å². The molecule has 24 heavy (non-hydrogen) atoms. The van der Waals surface area contributed by atoms with Gasteiger partial charge in [-0.05, 0) is 38.0 Å². The van der Waals surface area contributed by atoms with Crippen LogP contribution < -0.4 is 5.32 Å². The molecule has 0 radical (unpaired) electrons. The van der Waals surface area contributed by atoms with Crippen LogP contribution in [-0.2, 0) is 6.54 Å². The molecule has 0 bridgehead atoms. The molecule has 3 aromatic rings. The van der Waals surface area contributed by atoms with Crippen LogP contribution in [0.2, 0.25) is 0 Å². The predicted octanol–water partition coefficient (Wildman–Crippen LogP) is 4.11. The number of benzene rings is 2. The molecule has 0 saturated heterocycles. The van der Waals surface area contributed by atoms with Crippen molar-refractivity contribution in [3.8, 4) is 0 Å². The zero-order valence-electron chi connectivity index (χ0n) is 14.2. The van der Waals surface area contributed by atoms with E-state index in [2.05, 4.69) is 35.5 Å². The molecule has 1 amide bonds. The van der Waals surface area contributed by atoms with Gasteiger partial charge in [0.2, 0.25) is 0 Å². The van der Waals surface area contributed by atoms with Crippen molar-refractivity contribution in [3.63, 3.8) is 0 Å². The van der Waals surface area contributed by atoms with Crippen molar-refractivity contribution in [2.75, 3.05) is 5.32 Å². The zero-order valence-corrected chi connectivity index (χ0v) is 14.2. The topological polar surface area (TPSA) is 46.9 Å². The Morgan fingerprint density at radius 1 is 1.08 bits per heavy atom. The molecule has 0 spiro atoms. The first-order chi connectivity index (χ1) is 11.5. The summed E-state index contributed by atoms with van der Waals surface area (Å²) in [6.07, 6.45) is 3.53. The molecule has 1 heterocycles. The number of hydrogen-bond donors (Lipinski definition) is 1. The maximum absolute atomic E-state index is 12.5. The van der Waals surface area contributed by atoms with E-state index in [4.69, 9.17) is 0 Å². The summed E-state index contributed by atoms with van der Waals surface area (Å²) in [6.45, 7) is 6.68. The molecule has 4 heteroatoms. The molecule has 122 valence electrons. The molecule has 0 aliphatic carbocycles. The molecular formula is C20H21N3O. The zero-order chi connectivity index (χ0) is 17.1. The number of aryl methyl sites for hydroxylation is 3. The van der Waals surface area contributed by atoms with Gasteiger partial charge in [-0.3, -0.25) is 9.48 Å². The number of aromatic nitrogens is 2. The Hall–Kier alpha value is -2.88. The van der Waals surface area contributed by atoms with Crippen LogP contribution in [-0.4, -0.2) is 15.7 Å². The lowest BCUT2D eigenvalue weighted by Gasteiger charge is -2.07. The molecule has 1 N–H and O–H groups in total. The number of carbonyl (C=O) groups is 1. The standard InChI is InChI=1S/C20H21N3O/c1-14-5-4-6-17(9-14)12-23-13-18(11-21-23)22-20(24)19-10-15(2)7-8-16(19)3/h4-11,13H,12H2,1-3H3,(H,22,24). The van der Waals surface area contributed by atoms with Crippen LogP contribution >= 0.6 is 0 Å². The number of hydrogen-bond acceptors (Lipinski definition) is 2. The monoisotopic (exact) mass is 319 g/mol. The number of nitrogens with zero attached hydrogens (tertiary/aromatic N) is 2. The quantitative estimate of drug-likeness (QED) is 0.786. The van der Waals surface area contributed by atoms with Gasteiger partial charge in [-0.2, -0.15) is 5.10 Å². The van der Waals surface area contributed by atoms with E-state index < -0.39 is 0 Å². The van der Waals surface area contributed by atoms with E-state index in [1.165, 1.54) is 11.1 Å². The molecule has 1 aromatic heterocycles. The van der Waals surface area contributed by atoms with E-state index in [-0.39, 0.29) is 5.91 Å². The van der Waals surface area contributed by atoms with E-state index in [0.717, 1.165) is 11.1 Å². The third kappa shape index (κ3) is 3.71. The molecule has 0 atom stereocenters. The number of nitrogens with one attached hydrogen (secondary N) is 1. The summed E-state index contributed by atoms with van der Waals surface area (Å²) in [7, 11) is 0. The summed E-state index contributed by atoms with van der Waals surface area (Å²) < 4.78 is 1.83. The summed E-state index contributed by atoms with van der Waals surface area (Å²) in [5.41, 5.74) is 5.84. The fourth-order valence-electron chi connectivity index (χ4n) is 2.69. The number of amides is 1. The summed E-state index contributed by atoms with van der Waals surface area (Å²) >= 11 is 0. The average Bonchev–Trinajstić information content (AvgIpc) is 2.96.